The number of hydrogen-bond acceptors (Lipinski definition) is 5. The molecular weight excluding hydrogens is 406 g/mol. The third kappa shape index (κ3) is 10.5. The van der Waals surface area contributed by atoms with Crippen LogP contribution in [0.4, 0.5) is 4.79 Å². The van der Waals surface area contributed by atoms with Crippen LogP contribution in [0, 0.1) is 11.8 Å². The zero-order chi connectivity index (χ0) is 23.8. The van der Waals surface area contributed by atoms with E-state index in [-0.39, 0.29) is 17.9 Å². The van der Waals surface area contributed by atoms with Crippen molar-refractivity contribution >= 4 is 12.1 Å². The van der Waals surface area contributed by atoms with Crippen LogP contribution in [0.1, 0.15) is 79.2 Å². The highest BCUT2D eigenvalue weighted by Gasteiger charge is 2.31. The number of benzene rings is 1. The quantitative estimate of drug-likeness (QED) is 0.523. The van der Waals surface area contributed by atoms with Crippen LogP contribution in [0.15, 0.2) is 30.3 Å². The van der Waals surface area contributed by atoms with E-state index in [0.29, 0.717) is 25.6 Å². The molecule has 0 aliphatic heterocycles. The first-order chi connectivity index (χ1) is 14.9. The summed E-state index contributed by atoms with van der Waals surface area (Å²) in [6, 6.07) is 9.88. The first-order valence-corrected chi connectivity index (χ1v) is 11.7. The Morgan fingerprint density at radius 1 is 0.938 bits per heavy atom. The minimum absolute atomic E-state index is 0.129. The summed E-state index contributed by atoms with van der Waals surface area (Å²) in [5, 5.41) is 3.04. The zero-order valence-electron chi connectivity index (χ0n) is 20.6. The summed E-state index contributed by atoms with van der Waals surface area (Å²) in [6.07, 6.45) is 3.79. The van der Waals surface area contributed by atoms with Gasteiger partial charge in [0.15, 0.2) is 0 Å². The Kier molecular flexibility index (Phi) is 9.56. The van der Waals surface area contributed by atoms with Crippen molar-refractivity contribution in [1.29, 1.82) is 0 Å². The number of hydrogen-bond donors (Lipinski definition) is 1. The molecule has 1 N–H and O–H groups in total. The van der Waals surface area contributed by atoms with Crippen molar-refractivity contribution in [2.45, 2.75) is 97.5 Å². The van der Waals surface area contributed by atoms with E-state index in [9.17, 15) is 9.59 Å². The molecule has 1 saturated carbocycles. The van der Waals surface area contributed by atoms with Crippen LogP contribution < -0.4 is 5.32 Å². The normalized spacial score (nSPS) is 20.3. The van der Waals surface area contributed by atoms with Gasteiger partial charge >= 0.3 is 12.1 Å². The molecule has 1 atom stereocenters. The van der Waals surface area contributed by atoms with Crippen molar-refractivity contribution in [2.24, 2.45) is 11.8 Å². The van der Waals surface area contributed by atoms with Gasteiger partial charge in [-0.2, -0.15) is 0 Å². The summed E-state index contributed by atoms with van der Waals surface area (Å²) >= 11 is 0. The predicted molar refractivity (Wildman–Crippen MR) is 125 cm³/mol. The van der Waals surface area contributed by atoms with E-state index >= 15 is 0 Å². The Hall–Kier alpha value is -2.08. The van der Waals surface area contributed by atoms with Gasteiger partial charge in [0.25, 0.3) is 0 Å². The Balaban J connectivity index is 1.90. The van der Waals surface area contributed by atoms with E-state index < -0.39 is 17.3 Å². The fourth-order valence-electron chi connectivity index (χ4n) is 4.05. The molecule has 1 amide bonds. The molecule has 0 unspecified atom stereocenters. The highest BCUT2D eigenvalue weighted by atomic mass is 16.6. The van der Waals surface area contributed by atoms with Crippen molar-refractivity contribution in [3.05, 3.63) is 35.9 Å². The molecule has 0 bridgehead atoms. The zero-order valence-corrected chi connectivity index (χ0v) is 20.6. The standard InChI is InChI=1S/C26H41NO5/c1-25(2,3)31-23(28)16-19-12-14-21(15-13-19)22(27-24(29)32-26(4,5)6)18-30-17-20-10-8-7-9-11-20/h7-11,19,21-22H,12-18H2,1-6H3,(H,27,29)/t19?,21?,22-/m0/s1. The second-order valence-electron chi connectivity index (χ2n) is 10.8. The molecule has 6 nitrogen and oxygen atoms in total. The molecule has 0 radical (unpaired) electrons. The van der Waals surface area contributed by atoms with Crippen molar-refractivity contribution in [3.63, 3.8) is 0 Å². The number of esters is 1. The van der Waals surface area contributed by atoms with Crippen LogP contribution in [0.3, 0.4) is 0 Å². The summed E-state index contributed by atoms with van der Waals surface area (Å²) < 4.78 is 16.9. The van der Waals surface area contributed by atoms with E-state index in [4.69, 9.17) is 14.2 Å². The molecule has 0 saturated heterocycles. The first kappa shape index (κ1) is 26.2. The summed E-state index contributed by atoms with van der Waals surface area (Å²) in [6.45, 7) is 12.2. The molecule has 6 heteroatoms. The van der Waals surface area contributed by atoms with Crippen LogP contribution in [-0.4, -0.2) is 35.9 Å². The fourth-order valence-corrected chi connectivity index (χ4v) is 4.05. The number of rotatable bonds is 8. The molecule has 0 heterocycles. The van der Waals surface area contributed by atoms with Crippen LogP contribution in [0.5, 0.6) is 0 Å². The molecular formula is C26H41NO5. The highest BCUT2D eigenvalue weighted by Crippen LogP contribution is 2.33. The second-order valence-corrected chi connectivity index (χ2v) is 10.8. The lowest BCUT2D eigenvalue weighted by Gasteiger charge is -2.34. The van der Waals surface area contributed by atoms with Crippen molar-refractivity contribution < 1.29 is 23.8 Å². The fraction of sp³-hybridized carbons (Fsp3) is 0.692. The molecule has 180 valence electrons. The largest absolute Gasteiger partial charge is 0.460 e. The molecule has 0 aromatic heterocycles. The highest BCUT2D eigenvalue weighted by molar-refractivity contribution is 5.70. The van der Waals surface area contributed by atoms with Crippen LogP contribution in [-0.2, 0) is 25.6 Å². The lowest BCUT2D eigenvalue weighted by atomic mass is 9.77. The van der Waals surface area contributed by atoms with E-state index in [1.165, 1.54) is 0 Å². The summed E-state index contributed by atoms with van der Waals surface area (Å²) in [5.74, 6) is 0.484. The molecule has 32 heavy (non-hydrogen) atoms. The van der Waals surface area contributed by atoms with Gasteiger partial charge in [0.05, 0.1) is 19.3 Å². The lowest BCUT2D eigenvalue weighted by Crippen LogP contribution is -2.46. The topological polar surface area (TPSA) is 73.9 Å². The molecule has 2 rings (SSSR count). The minimum Gasteiger partial charge on any atom is -0.460 e. The maximum Gasteiger partial charge on any atom is 0.407 e. The Bertz CT molecular complexity index is 712. The predicted octanol–water partition coefficient (Wildman–Crippen LogP) is 5.63. The van der Waals surface area contributed by atoms with Gasteiger partial charge in [-0.3, -0.25) is 4.79 Å². The van der Waals surface area contributed by atoms with E-state index in [1.54, 1.807) is 0 Å². The number of carbonyl (C=O) groups is 2. The lowest BCUT2D eigenvalue weighted by molar-refractivity contribution is -0.156. The third-order valence-electron chi connectivity index (χ3n) is 5.45. The van der Waals surface area contributed by atoms with Gasteiger partial charge in [0, 0.05) is 6.42 Å². The number of ether oxygens (including phenoxy) is 3. The maximum absolute atomic E-state index is 12.4. The smallest absolute Gasteiger partial charge is 0.407 e. The molecule has 1 aliphatic rings. The number of alkyl carbamates (subject to hydrolysis) is 1. The number of carbonyl (C=O) groups excluding carboxylic acids is 2. The number of amides is 1. The average Bonchev–Trinajstić information content (AvgIpc) is 2.66. The Morgan fingerprint density at radius 2 is 1.53 bits per heavy atom. The van der Waals surface area contributed by atoms with Crippen LogP contribution in [0.25, 0.3) is 0 Å². The van der Waals surface area contributed by atoms with Crippen molar-refractivity contribution in [3.8, 4) is 0 Å². The van der Waals surface area contributed by atoms with Gasteiger partial charge in [-0.1, -0.05) is 30.3 Å². The third-order valence-corrected chi connectivity index (χ3v) is 5.45. The van der Waals surface area contributed by atoms with Gasteiger partial charge in [0.1, 0.15) is 11.2 Å². The van der Waals surface area contributed by atoms with Crippen LogP contribution in [0.2, 0.25) is 0 Å². The maximum atomic E-state index is 12.4. The van der Waals surface area contributed by atoms with Gasteiger partial charge in [-0.05, 0) is 84.6 Å². The average molecular weight is 448 g/mol. The van der Waals surface area contributed by atoms with Gasteiger partial charge in [-0.15, -0.1) is 0 Å². The minimum atomic E-state index is -0.551. The van der Waals surface area contributed by atoms with Gasteiger partial charge in [0.2, 0.25) is 0 Å². The monoisotopic (exact) mass is 447 g/mol. The van der Waals surface area contributed by atoms with Crippen molar-refractivity contribution in [1.82, 2.24) is 5.32 Å². The van der Waals surface area contributed by atoms with E-state index in [0.717, 1.165) is 31.2 Å². The molecule has 1 fully saturated rings. The van der Waals surface area contributed by atoms with Crippen molar-refractivity contribution in [2.75, 3.05) is 6.61 Å². The Labute approximate surface area is 193 Å². The summed E-state index contributed by atoms with van der Waals surface area (Å²) in [4.78, 5) is 24.6. The molecule has 0 spiro atoms. The van der Waals surface area contributed by atoms with Gasteiger partial charge < -0.3 is 19.5 Å². The first-order valence-electron chi connectivity index (χ1n) is 11.7. The molecule has 1 aromatic rings. The van der Waals surface area contributed by atoms with Gasteiger partial charge in [-0.25, -0.2) is 4.79 Å². The van der Waals surface area contributed by atoms with E-state index in [1.807, 2.05) is 71.9 Å². The second kappa shape index (κ2) is 11.7. The number of nitrogens with one attached hydrogen (secondary N) is 1. The molecule has 1 aliphatic carbocycles. The molecule has 1 aromatic carbocycles. The summed E-state index contributed by atoms with van der Waals surface area (Å²) in [7, 11) is 0. The SMILES string of the molecule is CC(C)(C)OC(=O)CC1CCC([C@H](COCc2ccccc2)NC(=O)OC(C)(C)C)CC1. The summed E-state index contributed by atoms with van der Waals surface area (Å²) in [5.41, 5.74) is 0.0989. The van der Waals surface area contributed by atoms with Crippen LogP contribution >= 0.6 is 0 Å². The van der Waals surface area contributed by atoms with E-state index in [2.05, 4.69) is 5.32 Å². The Morgan fingerprint density at radius 3 is 2.09 bits per heavy atom.